The van der Waals surface area contributed by atoms with Crippen molar-refractivity contribution in [3.63, 3.8) is 0 Å². The molecule has 6 aromatic rings. The number of carbonyl (C=O) groups is 2. The van der Waals surface area contributed by atoms with E-state index in [2.05, 4.69) is 123 Å². The number of nitrogens with zero attached hydrogens (tertiary/aromatic N) is 1. The zero-order valence-corrected chi connectivity index (χ0v) is 27.4. The lowest BCUT2D eigenvalue weighted by Gasteiger charge is -2.27. The van der Waals surface area contributed by atoms with Crippen molar-refractivity contribution < 1.29 is 9.59 Å². The third-order valence-electron chi connectivity index (χ3n) is 10.1. The number of aryl methyl sites for hydroxylation is 3. The van der Waals surface area contributed by atoms with Gasteiger partial charge in [-0.1, -0.05) is 145 Å². The van der Waals surface area contributed by atoms with Gasteiger partial charge in [0.25, 0.3) is 5.91 Å². The first-order valence-electron chi connectivity index (χ1n) is 16.9. The van der Waals surface area contributed by atoms with Crippen LogP contribution in [-0.2, 0) is 22.6 Å². The van der Waals surface area contributed by atoms with E-state index in [1.807, 2.05) is 29.2 Å². The largest absolute Gasteiger partial charge is 0.303 e. The molecule has 6 aromatic carbocycles. The highest BCUT2D eigenvalue weighted by atomic mass is 16.2. The molecule has 1 aliphatic carbocycles. The first-order chi connectivity index (χ1) is 23.5. The predicted octanol–water partition coefficient (Wildman–Crippen LogP) is 10.0. The van der Waals surface area contributed by atoms with Crippen LogP contribution >= 0.6 is 0 Å². The molecular weight excluding hydrogens is 587 g/mol. The number of carbonyl (C=O) groups excluding carboxylic acids is 2. The highest BCUT2D eigenvalue weighted by Gasteiger charge is 2.46. The number of benzene rings is 6. The number of ketones is 1. The zero-order chi connectivity index (χ0) is 32.8. The number of fused-ring (bicyclic) bond motifs is 3. The lowest BCUT2D eigenvalue weighted by atomic mass is 9.74. The van der Waals surface area contributed by atoms with Crippen LogP contribution in [0.4, 0.5) is 0 Å². The van der Waals surface area contributed by atoms with Crippen LogP contribution in [0.2, 0.25) is 0 Å². The van der Waals surface area contributed by atoms with Crippen molar-refractivity contribution in [3.8, 4) is 0 Å². The Bertz CT molecular complexity index is 2280. The standard InChI is InChI=1S/C45H37NO2/c1-29-17-21-31(22-18-29)25-26-35-27-40(38-15-7-11-33-9-3-5-13-36(33)38)41-42(44(35)47)43(39-16-8-12-34-10-4-6-14-37(34)39)46(45(41)48)28-32-23-19-30(2)20-24-32/h3-24,35H,25-28H2,1-2H3. The molecule has 8 rings (SSSR count). The summed E-state index contributed by atoms with van der Waals surface area (Å²) >= 11 is 0. The van der Waals surface area contributed by atoms with E-state index in [1.54, 1.807) is 0 Å². The van der Waals surface area contributed by atoms with Crippen LogP contribution in [0, 0.1) is 19.8 Å². The van der Waals surface area contributed by atoms with E-state index in [9.17, 15) is 9.59 Å². The van der Waals surface area contributed by atoms with Crippen LogP contribution in [0.3, 0.4) is 0 Å². The van der Waals surface area contributed by atoms with Crippen molar-refractivity contribution >= 4 is 44.5 Å². The zero-order valence-electron chi connectivity index (χ0n) is 27.4. The minimum absolute atomic E-state index is 0.0730. The molecule has 0 saturated heterocycles. The van der Waals surface area contributed by atoms with Gasteiger partial charge in [-0.05, 0) is 76.9 Å². The molecule has 1 aliphatic heterocycles. The molecule has 0 aromatic heterocycles. The first kappa shape index (κ1) is 29.8. The molecule has 0 spiro atoms. The Balaban J connectivity index is 1.37. The average molecular weight is 624 g/mol. The fraction of sp³-hybridized carbons (Fsp3) is 0.156. The molecule has 1 atom stereocenters. The van der Waals surface area contributed by atoms with E-state index in [1.165, 1.54) is 16.7 Å². The summed E-state index contributed by atoms with van der Waals surface area (Å²) < 4.78 is 0. The van der Waals surface area contributed by atoms with E-state index < -0.39 is 0 Å². The van der Waals surface area contributed by atoms with Gasteiger partial charge in [0.05, 0.1) is 23.4 Å². The van der Waals surface area contributed by atoms with Crippen LogP contribution in [0.25, 0.3) is 32.8 Å². The Morgan fingerprint density at radius 1 is 0.583 bits per heavy atom. The Hall–Kier alpha value is -5.54. The second-order valence-electron chi connectivity index (χ2n) is 13.3. The van der Waals surface area contributed by atoms with Gasteiger partial charge in [0.1, 0.15) is 0 Å². The van der Waals surface area contributed by atoms with Crippen molar-refractivity contribution in [1.82, 2.24) is 4.90 Å². The quantitative estimate of drug-likeness (QED) is 0.177. The van der Waals surface area contributed by atoms with Gasteiger partial charge >= 0.3 is 0 Å². The summed E-state index contributed by atoms with van der Waals surface area (Å²) in [6.45, 7) is 4.55. The highest BCUT2D eigenvalue weighted by molar-refractivity contribution is 6.29. The topological polar surface area (TPSA) is 37.4 Å². The molecule has 1 heterocycles. The number of Topliss-reactive ketones (excluding diaryl/α,β-unsaturated/α-hetero) is 1. The van der Waals surface area contributed by atoms with Gasteiger partial charge in [0.2, 0.25) is 0 Å². The first-order valence-corrected chi connectivity index (χ1v) is 16.9. The molecule has 0 saturated carbocycles. The van der Waals surface area contributed by atoms with E-state index in [-0.39, 0.29) is 17.6 Å². The lowest BCUT2D eigenvalue weighted by Crippen LogP contribution is -2.27. The summed E-state index contributed by atoms with van der Waals surface area (Å²) in [5.74, 6) is -0.276. The van der Waals surface area contributed by atoms with Crippen LogP contribution in [0.5, 0.6) is 0 Å². The van der Waals surface area contributed by atoms with Gasteiger partial charge in [-0.2, -0.15) is 0 Å². The summed E-state index contributed by atoms with van der Waals surface area (Å²) in [5.41, 5.74) is 9.45. The molecule has 2 aliphatic rings. The summed E-state index contributed by atoms with van der Waals surface area (Å²) in [6, 6.07) is 46.1. The van der Waals surface area contributed by atoms with E-state index in [4.69, 9.17) is 0 Å². The van der Waals surface area contributed by atoms with Crippen molar-refractivity contribution in [2.45, 2.75) is 39.7 Å². The number of hydrogen-bond donors (Lipinski definition) is 0. The van der Waals surface area contributed by atoms with E-state index >= 15 is 0 Å². The maximum absolute atomic E-state index is 15.0. The molecule has 3 nitrogen and oxygen atoms in total. The van der Waals surface area contributed by atoms with Gasteiger partial charge in [0.15, 0.2) is 5.78 Å². The van der Waals surface area contributed by atoms with Crippen LogP contribution in [0.15, 0.2) is 145 Å². The second-order valence-corrected chi connectivity index (χ2v) is 13.3. The third kappa shape index (κ3) is 5.26. The van der Waals surface area contributed by atoms with Crippen LogP contribution < -0.4 is 0 Å². The van der Waals surface area contributed by atoms with Gasteiger partial charge in [-0.3, -0.25) is 9.59 Å². The molecule has 1 unspecified atom stereocenters. The molecule has 1 amide bonds. The molecule has 0 fully saturated rings. The fourth-order valence-electron chi connectivity index (χ4n) is 7.56. The predicted molar refractivity (Wildman–Crippen MR) is 196 cm³/mol. The molecular formula is C45H37NO2. The van der Waals surface area contributed by atoms with Crippen molar-refractivity contribution in [3.05, 3.63) is 178 Å². The van der Waals surface area contributed by atoms with E-state index in [0.717, 1.165) is 55.9 Å². The smallest absolute Gasteiger partial charge is 0.259 e. The molecule has 0 N–H and O–H groups in total. The van der Waals surface area contributed by atoms with Gasteiger partial charge in [-0.15, -0.1) is 0 Å². The summed E-state index contributed by atoms with van der Waals surface area (Å²) in [7, 11) is 0. The Morgan fingerprint density at radius 3 is 1.77 bits per heavy atom. The minimum atomic E-state index is -0.254. The highest BCUT2D eigenvalue weighted by Crippen LogP contribution is 2.49. The average Bonchev–Trinajstić information content (AvgIpc) is 3.40. The fourth-order valence-corrected chi connectivity index (χ4v) is 7.56. The Labute approximate surface area is 281 Å². The lowest BCUT2D eigenvalue weighted by molar-refractivity contribution is -0.124. The number of hydrogen-bond acceptors (Lipinski definition) is 2. The summed E-state index contributed by atoms with van der Waals surface area (Å²) in [6.07, 6.45) is 2.04. The van der Waals surface area contributed by atoms with Crippen molar-refractivity contribution in [1.29, 1.82) is 0 Å². The monoisotopic (exact) mass is 623 g/mol. The Morgan fingerprint density at radius 2 is 1.12 bits per heavy atom. The van der Waals surface area contributed by atoms with Gasteiger partial charge in [0, 0.05) is 11.5 Å². The van der Waals surface area contributed by atoms with Crippen LogP contribution in [-0.4, -0.2) is 16.6 Å². The van der Waals surface area contributed by atoms with E-state index in [0.29, 0.717) is 30.5 Å². The molecule has 48 heavy (non-hydrogen) atoms. The molecule has 0 bridgehead atoms. The maximum Gasteiger partial charge on any atom is 0.259 e. The summed E-state index contributed by atoms with van der Waals surface area (Å²) in [5, 5.41) is 4.34. The third-order valence-corrected chi connectivity index (χ3v) is 10.1. The Kier molecular flexibility index (Phi) is 7.61. The number of allylic oxidation sites excluding steroid dienone is 1. The molecule has 0 radical (unpaired) electrons. The maximum atomic E-state index is 15.0. The minimum Gasteiger partial charge on any atom is -0.303 e. The SMILES string of the molecule is Cc1ccc(CCC2CC(c3cccc4ccccc34)=C3C(=O)N(Cc4ccc(C)cc4)C(c4cccc5ccccc45)=C3C2=O)cc1. The molecule has 3 heteroatoms. The number of rotatable bonds is 7. The number of amides is 1. The second kappa shape index (κ2) is 12.2. The van der Waals surface area contributed by atoms with Crippen molar-refractivity contribution in [2.24, 2.45) is 5.92 Å². The normalized spacial score (nSPS) is 16.4. The summed E-state index contributed by atoms with van der Waals surface area (Å²) in [4.78, 5) is 31.8. The van der Waals surface area contributed by atoms with Gasteiger partial charge < -0.3 is 4.90 Å². The van der Waals surface area contributed by atoms with Crippen molar-refractivity contribution in [2.75, 3.05) is 0 Å². The van der Waals surface area contributed by atoms with Crippen LogP contribution in [0.1, 0.15) is 46.2 Å². The molecule has 234 valence electrons. The van der Waals surface area contributed by atoms with Gasteiger partial charge in [-0.25, -0.2) is 0 Å².